The summed E-state index contributed by atoms with van der Waals surface area (Å²) in [6.07, 6.45) is 0.795. The van der Waals surface area contributed by atoms with Gasteiger partial charge in [-0.2, -0.15) is 0 Å². The zero-order valence-corrected chi connectivity index (χ0v) is 15.7. The Hall–Kier alpha value is -3.07. The number of para-hydroxylation sites is 1. The summed E-state index contributed by atoms with van der Waals surface area (Å²) in [6.45, 7) is 5.23. The Morgan fingerprint density at radius 1 is 0.741 bits per heavy atom. The molecule has 0 N–H and O–H groups in total. The number of benzene rings is 3. The highest BCUT2D eigenvalue weighted by atomic mass is 16.5. The van der Waals surface area contributed by atoms with E-state index in [2.05, 4.69) is 50.2 Å². The van der Waals surface area contributed by atoms with Crippen molar-refractivity contribution in [3.8, 4) is 11.5 Å². The maximum Gasteiger partial charge on any atom is 0.153 e. The Labute approximate surface area is 160 Å². The zero-order chi connectivity index (χ0) is 19.1. The van der Waals surface area contributed by atoms with Gasteiger partial charge in [-0.3, -0.25) is 4.79 Å². The second kappa shape index (κ2) is 8.54. The monoisotopic (exact) mass is 360 g/mol. The third kappa shape index (κ3) is 4.56. The molecule has 0 aromatic heterocycles. The molecule has 3 rings (SSSR count). The predicted molar refractivity (Wildman–Crippen MR) is 108 cm³/mol. The van der Waals surface area contributed by atoms with Crippen LogP contribution in [0.5, 0.6) is 11.5 Å². The van der Waals surface area contributed by atoms with E-state index in [1.165, 1.54) is 11.1 Å². The first-order valence-corrected chi connectivity index (χ1v) is 9.07. The lowest BCUT2D eigenvalue weighted by atomic mass is 9.78. The van der Waals surface area contributed by atoms with Gasteiger partial charge in [-0.25, -0.2) is 0 Å². The van der Waals surface area contributed by atoms with E-state index in [9.17, 15) is 4.79 Å². The average molecular weight is 360 g/mol. The van der Waals surface area contributed by atoms with Crippen molar-refractivity contribution in [2.75, 3.05) is 13.2 Å². The topological polar surface area (TPSA) is 35.5 Å². The van der Waals surface area contributed by atoms with Crippen molar-refractivity contribution < 1.29 is 14.3 Å². The van der Waals surface area contributed by atoms with Gasteiger partial charge in [0.15, 0.2) is 6.29 Å². The summed E-state index contributed by atoms with van der Waals surface area (Å²) in [5.41, 5.74) is 2.99. The Morgan fingerprint density at radius 2 is 1.33 bits per heavy atom. The second-order valence-electron chi connectivity index (χ2n) is 6.87. The molecule has 0 atom stereocenters. The van der Waals surface area contributed by atoms with Crippen molar-refractivity contribution in [3.05, 3.63) is 95.6 Å². The first-order chi connectivity index (χ1) is 13.1. The third-order valence-electron chi connectivity index (χ3n) is 4.73. The molecular formula is C24H24O3. The van der Waals surface area contributed by atoms with Crippen molar-refractivity contribution in [3.63, 3.8) is 0 Å². The molecule has 3 aromatic rings. The van der Waals surface area contributed by atoms with Gasteiger partial charge < -0.3 is 9.47 Å². The SMILES string of the molecule is CC(C)(c1ccccc1)c1ccc(OCCOc2ccccc2C=O)cc1. The Balaban J connectivity index is 1.56. The maximum atomic E-state index is 11.0. The van der Waals surface area contributed by atoms with Gasteiger partial charge in [0.2, 0.25) is 0 Å². The number of hydrogen-bond donors (Lipinski definition) is 0. The van der Waals surface area contributed by atoms with E-state index in [0.717, 1.165) is 12.0 Å². The molecule has 0 spiro atoms. The molecule has 0 fully saturated rings. The van der Waals surface area contributed by atoms with Crippen molar-refractivity contribution >= 4 is 6.29 Å². The van der Waals surface area contributed by atoms with Gasteiger partial charge >= 0.3 is 0 Å². The van der Waals surface area contributed by atoms with Gasteiger partial charge in [-0.1, -0.05) is 68.4 Å². The van der Waals surface area contributed by atoms with E-state index >= 15 is 0 Å². The molecule has 3 aromatic carbocycles. The van der Waals surface area contributed by atoms with Crippen LogP contribution < -0.4 is 9.47 Å². The number of rotatable bonds is 8. The summed E-state index contributed by atoms with van der Waals surface area (Å²) in [6, 6.07) is 25.8. The van der Waals surface area contributed by atoms with Gasteiger partial charge in [-0.05, 0) is 35.4 Å². The number of ether oxygens (including phenoxy) is 2. The fourth-order valence-electron chi connectivity index (χ4n) is 3.01. The minimum Gasteiger partial charge on any atom is -0.490 e. The fraction of sp³-hybridized carbons (Fsp3) is 0.208. The molecule has 3 heteroatoms. The van der Waals surface area contributed by atoms with E-state index in [4.69, 9.17) is 9.47 Å². The summed E-state index contributed by atoms with van der Waals surface area (Å²) in [7, 11) is 0. The minimum atomic E-state index is -0.0680. The third-order valence-corrected chi connectivity index (χ3v) is 4.73. The first-order valence-electron chi connectivity index (χ1n) is 9.07. The van der Waals surface area contributed by atoms with Crippen LogP contribution in [-0.4, -0.2) is 19.5 Å². The van der Waals surface area contributed by atoms with E-state index in [1.807, 2.05) is 30.3 Å². The lowest BCUT2D eigenvalue weighted by Gasteiger charge is -2.26. The Morgan fingerprint density at radius 3 is 2.04 bits per heavy atom. The molecule has 27 heavy (non-hydrogen) atoms. The molecule has 0 aliphatic rings. The van der Waals surface area contributed by atoms with Crippen LogP contribution >= 0.6 is 0 Å². The second-order valence-corrected chi connectivity index (χ2v) is 6.87. The van der Waals surface area contributed by atoms with Crippen LogP contribution in [0.25, 0.3) is 0 Å². The largest absolute Gasteiger partial charge is 0.490 e. The highest BCUT2D eigenvalue weighted by Crippen LogP contribution is 2.32. The van der Waals surface area contributed by atoms with Crippen molar-refractivity contribution in [2.45, 2.75) is 19.3 Å². The van der Waals surface area contributed by atoms with Crippen LogP contribution in [-0.2, 0) is 5.41 Å². The van der Waals surface area contributed by atoms with Crippen molar-refractivity contribution in [2.24, 2.45) is 0 Å². The van der Waals surface area contributed by atoms with Crippen LogP contribution in [0.3, 0.4) is 0 Å². The van der Waals surface area contributed by atoms with E-state index < -0.39 is 0 Å². The molecule has 0 aliphatic heterocycles. The standard InChI is InChI=1S/C24H24O3/c1-24(2,20-9-4-3-5-10-20)21-12-14-22(15-13-21)26-16-17-27-23-11-7-6-8-19(23)18-25/h3-15,18H,16-17H2,1-2H3. The van der Waals surface area contributed by atoms with Crippen molar-refractivity contribution in [1.82, 2.24) is 0 Å². The summed E-state index contributed by atoms with van der Waals surface area (Å²) in [5.74, 6) is 1.38. The quantitative estimate of drug-likeness (QED) is 0.405. The maximum absolute atomic E-state index is 11.0. The van der Waals surface area contributed by atoms with Crippen molar-refractivity contribution in [1.29, 1.82) is 0 Å². The van der Waals surface area contributed by atoms with Gasteiger partial charge in [0.1, 0.15) is 24.7 Å². The summed E-state index contributed by atoms with van der Waals surface area (Å²) in [5, 5.41) is 0. The molecule has 0 saturated carbocycles. The molecule has 0 unspecified atom stereocenters. The molecule has 0 amide bonds. The lowest BCUT2D eigenvalue weighted by Crippen LogP contribution is -2.18. The van der Waals surface area contributed by atoms with Gasteiger partial charge in [0, 0.05) is 5.41 Å². The number of aldehydes is 1. The molecular weight excluding hydrogens is 336 g/mol. The highest BCUT2D eigenvalue weighted by molar-refractivity contribution is 5.79. The van der Waals surface area contributed by atoms with Crippen LogP contribution in [0.4, 0.5) is 0 Å². The summed E-state index contributed by atoms with van der Waals surface area (Å²) < 4.78 is 11.4. The van der Waals surface area contributed by atoms with Gasteiger partial charge in [0.05, 0.1) is 5.56 Å². The van der Waals surface area contributed by atoms with E-state index in [-0.39, 0.29) is 5.41 Å². The van der Waals surface area contributed by atoms with Crippen LogP contribution in [0, 0.1) is 0 Å². The van der Waals surface area contributed by atoms with Crippen LogP contribution in [0.15, 0.2) is 78.9 Å². The molecule has 0 radical (unpaired) electrons. The Kier molecular flexibility index (Phi) is 5.92. The highest BCUT2D eigenvalue weighted by Gasteiger charge is 2.22. The predicted octanol–water partition coefficient (Wildman–Crippen LogP) is 5.28. The first kappa shape index (κ1) is 18.7. The summed E-state index contributed by atoms with van der Waals surface area (Å²) in [4.78, 5) is 11.0. The molecule has 0 bridgehead atoms. The van der Waals surface area contributed by atoms with Crippen LogP contribution in [0.1, 0.15) is 35.3 Å². The average Bonchev–Trinajstić information content (AvgIpc) is 2.72. The molecule has 0 heterocycles. The smallest absolute Gasteiger partial charge is 0.153 e. The van der Waals surface area contributed by atoms with Crippen LogP contribution in [0.2, 0.25) is 0 Å². The zero-order valence-electron chi connectivity index (χ0n) is 15.7. The number of hydrogen-bond acceptors (Lipinski definition) is 3. The normalized spacial score (nSPS) is 11.0. The van der Waals surface area contributed by atoms with E-state index in [1.54, 1.807) is 12.1 Å². The van der Waals surface area contributed by atoms with E-state index in [0.29, 0.717) is 24.5 Å². The Bertz CT molecular complexity index is 868. The lowest BCUT2D eigenvalue weighted by molar-refractivity contribution is 0.111. The van der Waals surface area contributed by atoms with Gasteiger partial charge in [-0.15, -0.1) is 0 Å². The fourth-order valence-corrected chi connectivity index (χ4v) is 3.01. The van der Waals surface area contributed by atoms with Gasteiger partial charge in [0.25, 0.3) is 0 Å². The molecule has 138 valence electrons. The summed E-state index contributed by atoms with van der Waals surface area (Å²) >= 11 is 0. The number of carbonyl (C=O) groups excluding carboxylic acids is 1. The molecule has 0 aliphatic carbocycles. The molecule has 3 nitrogen and oxygen atoms in total. The number of carbonyl (C=O) groups is 1. The molecule has 0 saturated heterocycles. The minimum absolute atomic E-state index is 0.0680.